The fourth-order valence-electron chi connectivity index (χ4n) is 3.03. The predicted molar refractivity (Wildman–Crippen MR) is 86.2 cm³/mol. The van der Waals surface area contributed by atoms with Crippen LogP contribution in [0.2, 0.25) is 0 Å². The van der Waals surface area contributed by atoms with Gasteiger partial charge in [0.05, 0.1) is 12.1 Å². The first-order valence-corrected chi connectivity index (χ1v) is 7.52. The van der Waals surface area contributed by atoms with Crippen LogP contribution in [-0.4, -0.2) is 23.3 Å². The van der Waals surface area contributed by atoms with Gasteiger partial charge in [0.2, 0.25) is 0 Å². The van der Waals surface area contributed by atoms with E-state index in [0.717, 1.165) is 18.4 Å². The lowest BCUT2D eigenvalue weighted by Crippen LogP contribution is -2.49. The maximum Gasteiger partial charge on any atom is 0.407 e. The minimum Gasteiger partial charge on any atom is -0.445 e. The van der Waals surface area contributed by atoms with Crippen molar-refractivity contribution in [3.05, 3.63) is 61.2 Å². The number of amides is 1. The Labute approximate surface area is 131 Å². The third-order valence-corrected chi connectivity index (χ3v) is 4.37. The van der Waals surface area contributed by atoms with Crippen molar-refractivity contribution in [1.82, 2.24) is 5.32 Å². The molecule has 1 aliphatic rings. The third-order valence-electron chi connectivity index (χ3n) is 4.37. The van der Waals surface area contributed by atoms with E-state index in [2.05, 4.69) is 18.5 Å². The summed E-state index contributed by atoms with van der Waals surface area (Å²) in [6.07, 6.45) is 4.66. The van der Waals surface area contributed by atoms with Crippen LogP contribution in [0.25, 0.3) is 0 Å². The highest BCUT2D eigenvalue weighted by molar-refractivity contribution is 5.67. The molecule has 1 fully saturated rings. The molecule has 1 aromatic rings. The summed E-state index contributed by atoms with van der Waals surface area (Å²) in [6.45, 7) is 7.89. The van der Waals surface area contributed by atoms with Crippen LogP contribution in [0, 0.1) is 11.8 Å². The Morgan fingerprint density at radius 1 is 1.27 bits per heavy atom. The van der Waals surface area contributed by atoms with Crippen molar-refractivity contribution in [2.75, 3.05) is 6.54 Å². The van der Waals surface area contributed by atoms with Crippen LogP contribution >= 0.6 is 0 Å². The summed E-state index contributed by atoms with van der Waals surface area (Å²) in [6, 6.07) is 9.46. The van der Waals surface area contributed by atoms with Gasteiger partial charge in [0.1, 0.15) is 6.61 Å². The first-order chi connectivity index (χ1) is 10.6. The molecule has 1 aromatic carbocycles. The largest absolute Gasteiger partial charge is 0.445 e. The molecule has 0 saturated heterocycles. The van der Waals surface area contributed by atoms with Crippen LogP contribution < -0.4 is 5.32 Å². The average Bonchev–Trinajstić information content (AvgIpc) is 2.88. The van der Waals surface area contributed by atoms with Crippen molar-refractivity contribution in [3.63, 3.8) is 0 Å². The third kappa shape index (κ3) is 3.57. The normalized spacial score (nSPS) is 22.8. The maximum absolute atomic E-state index is 11.8. The van der Waals surface area contributed by atoms with Crippen molar-refractivity contribution >= 4 is 6.09 Å². The number of ether oxygens (including phenoxy) is 1. The Morgan fingerprint density at radius 2 is 1.86 bits per heavy atom. The van der Waals surface area contributed by atoms with Gasteiger partial charge in [-0.05, 0) is 18.4 Å². The fourth-order valence-corrected chi connectivity index (χ4v) is 3.03. The van der Waals surface area contributed by atoms with Gasteiger partial charge in [-0.15, -0.1) is 13.2 Å². The molecule has 1 saturated carbocycles. The highest BCUT2D eigenvalue weighted by atomic mass is 16.5. The summed E-state index contributed by atoms with van der Waals surface area (Å²) in [5.41, 5.74) is -0.111. The number of rotatable bonds is 6. The van der Waals surface area contributed by atoms with E-state index in [9.17, 15) is 9.90 Å². The van der Waals surface area contributed by atoms with E-state index < -0.39 is 11.7 Å². The van der Waals surface area contributed by atoms with Crippen molar-refractivity contribution in [2.45, 2.75) is 25.0 Å². The van der Waals surface area contributed by atoms with Crippen LogP contribution in [0.3, 0.4) is 0 Å². The summed E-state index contributed by atoms with van der Waals surface area (Å²) in [4.78, 5) is 11.8. The molecular formula is C18H23NO3. The summed E-state index contributed by atoms with van der Waals surface area (Å²) >= 11 is 0. The molecule has 4 nitrogen and oxygen atoms in total. The summed E-state index contributed by atoms with van der Waals surface area (Å²) < 4.78 is 5.16. The lowest BCUT2D eigenvalue weighted by molar-refractivity contribution is -0.00616. The van der Waals surface area contributed by atoms with Crippen molar-refractivity contribution < 1.29 is 14.6 Å². The van der Waals surface area contributed by atoms with E-state index in [1.54, 1.807) is 12.2 Å². The van der Waals surface area contributed by atoms with Crippen LogP contribution in [0.15, 0.2) is 55.6 Å². The minimum absolute atomic E-state index is 0.0510. The Balaban J connectivity index is 1.86. The van der Waals surface area contributed by atoms with E-state index in [1.165, 1.54) is 0 Å². The first-order valence-electron chi connectivity index (χ1n) is 7.52. The van der Waals surface area contributed by atoms with Crippen LogP contribution in [-0.2, 0) is 11.3 Å². The average molecular weight is 301 g/mol. The molecule has 2 atom stereocenters. The Hall–Kier alpha value is -2.07. The molecule has 1 amide bonds. The molecule has 0 spiro atoms. The number of carbonyl (C=O) groups excluding carboxylic acids is 1. The van der Waals surface area contributed by atoms with Crippen molar-refractivity contribution in [2.24, 2.45) is 11.8 Å². The Bertz CT molecular complexity index is 510. The number of benzene rings is 1. The Kier molecular flexibility index (Phi) is 5.39. The van der Waals surface area contributed by atoms with E-state index in [4.69, 9.17) is 4.74 Å². The van der Waals surface area contributed by atoms with Gasteiger partial charge < -0.3 is 15.2 Å². The zero-order valence-corrected chi connectivity index (χ0v) is 12.7. The van der Waals surface area contributed by atoms with Crippen LogP contribution in [0.4, 0.5) is 4.79 Å². The molecule has 4 heteroatoms. The second kappa shape index (κ2) is 7.27. The van der Waals surface area contributed by atoms with Gasteiger partial charge in [-0.3, -0.25) is 0 Å². The quantitative estimate of drug-likeness (QED) is 0.794. The number of carbonyl (C=O) groups is 1. The standard InChI is InChI=1S/C18H23NO3/c1-3-15-10-11-16(4-2)18(15,21)13-19-17(20)22-12-14-8-6-5-7-9-14/h3-9,15-16,21H,1-2,10-13H2,(H,19,20)/t15-,16-/m1/s1. The topological polar surface area (TPSA) is 58.6 Å². The van der Waals surface area contributed by atoms with Crippen molar-refractivity contribution in [3.8, 4) is 0 Å². The molecule has 118 valence electrons. The minimum atomic E-state index is -1.03. The molecule has 1 aliphatic carbocycles. The second-order valence-corrected chi connectivity index (χ2v) is 5.67. The zero-order chi connectivity index (χ0) is 16.0. The highest BCUT2D eigenvalue weighted by Gasteiger charge is 2.46. The highest BCUT2D eigenvalue weighted by Crippen LogP contribution is 2.41. The molecule has 0 heterocycles. The zero-order valence-electron chi connectivity index (χ0n) is 12.7. The van der Waals surface area contributed by atoms with Gasteiger partial charge in [0.15, 0.2) is 0 Å². The van der Waals surface area contributed by atoms with Crippen LogP contribution in [0.1, 0.15) is 18.4 Å². The molecular weight excluding hydrogens is 278 g/mol. The number of nitrogens with one attached hydrogen (secondary N) is 1. The van der Waals surface area contributed by atoms with Gasteiger partial charge >= 0.3 is 6.09 Å². The molecule has 0 radical (unpaired) electrons. The molecule has 0 bridgehead atoms. The Morgan fingerprint density at radius 3 is 2.41 bits per heavy atom. The van der Waals surface area contributed by atoms with E-state index >= 15 is 0 Å². The van der Waals surface area contributed by atoms with Crippen LogP contribution in [0.5, 0.6) is 0 Å². The monoisotopic (exact) mass is 301 g/mol. The van der Waals surface area contributed by atoms with Crippen molar-refractivity contribution in [1.29, 1.82) is 0 Å². The molecule has 0 aliphatic heterocycles. The second-order valence-electron chi connectivity index (χ2n) is 5.67. The summed E-state index contributed by atoms with van der Waals surface area (Å²) in [5.74, 6) is -0.102. The fraction of sp³-hybridized carbons (Fsp3) is 0.389. The van der Waals surface area contributed by atoms with Gasteiger partial charge in [-0.2, -0.15) is 0 Å². The molecule has 0 unspecified atom stereocenters. The van der Waals surface area contributed by atoms with Gasteiger partial charge in [-0.1, -0.05) is 42.5 Å². The van der Waals surface area contributed by atoms with Gasteiger partial charge in [0.25, 0.3) is 0 Å². The van der Waals surface area contributed by atoms with E-state index in [-0.39, 0.29) is 25.0 Å². The van der Waals surface area contributed by atoms with Gasteiger partial charge in [0, 0.05) is 11.8 Å². The molecule has 2 rings (SSSR count). The number of hydrogen-bond donors (Lipinski definition) is 2. The summed E-state index contributed by atoms with van der Waals surface area (Å²) in [5, 5.41) is 13.5. The molecule has 22 heavy (non-hydrogen) atoms. The first kappa shape index (κ1) is 16.3. The smallest absolute Gasteiger partial charge is 0.407 e. The number of aliphatic hydroxyl groups is 1. The predicted octanol–water partition coefficient (Wildman–Crippen LogP) is 3.04. The number of hydrogen-bond acceptors (Lipinski definition) is 3. The van der Waals surface area contributed by atoms with E-state index in [1.807, 2.05) is 30.3 Å². The lowest BCUT2D eigenvalue weighted by atomic mass is 9.84. The summed E-state index contributed by atoms with van der Waals surface area (Å²) in [7, 11) is 0. The number of alkyl carbamates (subject to hydrolysis) is 1. The lowest BCUT2D eigenvalue weighted by Gasteiger charge is -2.32. The van der Waals surface area contributed by atoms with Gasteiger partial charge in [-0.25, -0.2) is 4.79 Å². The molecule has 2 N–H and O–H groups in total. The van der Waals surface area contributed by atoms with E-state index in [0.29, 0.717) is 0 Å². The molecule has 0 aromatic heterocycles. The SMILES string of the molecule is C=C[C@@H]1CC[C@@H](C=C)C1(O)CNC(=O)OCc1ccccc1. The maximum atomic E-state index is 11.8.